The lowest BCUT2D eigenvalue weighted by atomic mass is 10.1. The zero-order valence-corrected chi connectivity index (χ0v) is 11.7. The number of aromatic nitrogens is 2. The molecule has 0 bridgehead atoms. The first-order valence-electron chi connectivity index (χ1n) is 5.83. The van der Waals surface area contributed by atoms with E-state index in [4.69, 9.17) is 0 Å². The van der Waals surface area contributed by atoms with Crippen LogP contribution in [0, 0.1) is 5.82 Å². The van der Waals surface area contributed by atoms with Crippen LogP contribution in [-0.2, 0) is 0 Å². The maximum atomic E-state index is 13.7. The van der Waals surface area contributed by atoms with Crippen molar-refractivity contribution >= 4 is 38.4 Å². The van der Waals surface area contributed by atoms with Gasteiger partial charge in [-0.25, -0.2) is 4.39 Å². The molecule has 0 saturated carbocycles. The molecule has 0 fully saturated rings. The van der Waals surface area contributed by atoms with Crippen molar-refractivity contribution in [2.45, 2.75) is 0 Å². The minimum absolute atomic E-state index is 0.00584. The normalized spacial score (nSPS) is 10.7. The number of amides is 1. The average molecular weight is 334 g/mol. The molecule has 20 heavy (non-hydrogen) atoms. The summed E-state index contributed by atoms with van der Waals surface area (Å²) in [6.45, 7) is 0. The van der Waals surface area contributed by atoms with Gasteiger partial charge in [-0.1, -0.05) is 22.0 Å². The van der Waals surface area contributed by atoms with E-state index in [2.05, 4.69) is 31.4 Å². The monoisotopic (exact) mass is 333 g/mol. The van der Waals surface area contributed by atoms with Gasteiger partial charge in [0.05, 0.1) is 23.0 Å². The molecule has 0 aliphatic rings. The Balaban J connectivity index is 1.94. The summed E-state index contributed by atoms with van der Waals surface area (Å²) >= 11 is 3.16. The molecule has 100 valence electrons. The van der Waals surface area contributed by atoms with E-state index in [-0.39, 0.29) is 5.56 Å². The van der Waals surface area contributed by atoms with Gasteiger partial charge >= 0.3 is 0 Å². The van der Waals surface area contributed by atoms with Gasteiger partial charge < -0.3 is 5.32 Å². The fourth-order valence-corrected chi connectivity index (χ4v) is 2.27. The fraction of sp³-hybridized carbons (Fsp3) is 0. The Kier molecular flexibility index (Phi) is 3.23. The Morgan fingerprint density at radius 2 is 2.15 bits per heavy atom. The summed E-state index contributed by atoms with van der Waals surface area (Å²) < 4.78 is 14.3. The highest BCUT2D eigenvalue weighted by atomic mass is 79.9. The molecule has 0 unspecified atom stereocenters. The van der Waals surface area contributed by atoms with E-state index in [0.29, 0.717) is 10.2 Å². The van der Waals surface area contributed by atoms with Crippen molar-refractivity contribution in [2.24, 2.45) is 0 Å². The van der Waals surface area contributed by atoms with Gasteiger partial charge in [-0.2, -0.15) is 5.10 Å². The van der Waals surface area contributed by atoms with Gasteiger partial charge in [0.15, 0.2) is 0 Å². The van der Waals surface area contributed by atoms with Crippen LogP contribution in [-0.4, -0.2) is 16.1 Å². The molecule has 0 aliphatic carbocycles. The summed E-state index contributed by atoms with van der Waals surface area (Å²) in [5.74, 6) is -1.07. The number of anilines is 1. The summed E-state index contributed by atoms with van der Waals surface area (Å²) in [6.07, 6.45) is 1.61. The zero-order valence-electron chi connectivity index (χ0n) is 10.2. The second-order valence-electron chi connectivity index (χ2n) is 4.22. The Morgan fingerprint density at radius 1 is 1.30 bits per heavy atom. The Bertz CT molecular complexity index is 800. The number of benzene rings is 2. The molecule has 3 aromatic rings. The first-order valence-corrected chi connectivity index (χ1v) is 6.63. The summed E-state index contributed by atoms with van der Waals surface area (Å²) in [6, 6.07) is 9.69. The topological polar surface area (TPSA) is 57.8 Å². The standard InChI is InChI=1S/C14H9BrFN3O/c15-8-4-5-9(11(16)6-8)14(20)18-12-2-1-3-13-10(12)7-17-19-13/h1-7H,(H,17,19)(H,18,20). The first kappa shape index (κ1) is 12.8. The SMILES string of the molecule is O=C(Nc1cccc2[nH]ncc12)c1ccc(Br)cc1F. The van der Waals surface area contributed by atoms with Crippen LogP contribution in [0.4, 0.5) is 10.1 Å². The zero-order chi connectivity index (χ0) is 14.1. The molecule has 0 aliphatic heterocycles. The maximum absolute atomic E-state index is 13.7. The van der Waals surface area contributed by atoms with Gasteiger partial charge in [-0.3, -0.25) is 9.89 Å². The quantitative estimate of drug-likeness (QED) is 0.750. The highest BCUT2D eigenvalue weighted by Crippen LogP contribution is 2.22. The van der Waals surface area contributed by atoms with Gasteiger partial charge in [0.2, 0.25) is 0 Å². The van der Waals surface area contributed by atoms with E-state index in [1.54, 1.807) is 24.4 Å². The van der Waals surface area contributed by atoms with Crippen LogP contribution in [0.15, 0.2) is 47.1 Å². The number of halogens is 2. The number of hydrogen-bond donors (Lipinski definition) is 2. The summed E-state index contributed by atoms with van der Waals surface area (Å²) in [4.78, 5) is 12.1. The Hall–Kier alpha value is -2.21. The molecule has 4 nitrogen and oxygen atoms in total. The molecule has 6 heteroatoms. The number of aromatic amines is 1. The molecule has 1 heterocycles. The number of H-pyrrole nitrogens is 1. The second kappa shape index (κ2) is 5.05. The molecule has 0 saturated heterocycles. The van der Waals surface area contributed by atoms with Crippen molar-refractivity contribution in [1.29, 1.82) is 0 Å². The van der Waals surface area contributed by atoms with Crippen molar-refractivity contribution in [2.75, 3.05) is 5.32 Å². The predicted octanol–water partition coefficient (Wildman–Crippen LogP) is 3.72. The third kappa shape index (κ3) is 2.30. The molecular weight excluding hydrogens is 325 g/mol. The Labute approximate surface area is 122 Å². The molecule has 0 spiro atoms. The van der Waals surface area contributed by atoms with Crippen LogP contribution in [0.3, 0.4) is 0 Å². The number of nitrogens with one attached hydrogen (secondary N) is 2. The van der Waals surface area contributed by atoms with Gasteiger partial charge in [-0.15, -0.1) is 0 Å². The molecule has 2 N–H and O–H groups in total. The summed E-state index contributed by atoms with van der Waals surface area (Å²) in [5, 5.41) is 10.2. The number of nitrogens with zero attached hydrogens (tertiary/aromatic N) is 1. The second-order valence-corrected chi connectivity index (χ2v) is 5.13. The molecule has 0 radical (unpaired) electrons. The largest absolute Gasteiger partial charge is 0.321 e. The molecule has 1 amide bonds. The number of fused-ring (bicyclic) bond motifs is 1. The van der Waals surface area contributed by atoms with E-state index in [1.807, 2.05) is 6.07 Å². The number of carbonyl (C=O) groups is 1. The van der Waals surface area contributed by atoms with Crippen LogP contribution in [0.1, 0.15) is 10.4 Å². The minimum Gasteiger partial charge on any atom is -0.321 e. The lowest BCUT2D eigenvalue weighted by Gasteiger charge is -2.07. The predicted molar refractivity (Wildman–Crippen MR) is 78.1 cm³/mol. The lowest BCUT2D eigenvalue weighted by molar-refractivity contribution is 0.102. The summed E-state index contributed by atoms with van der Waals surface area (Å²) in [7, 11) is 0. The van der Waals surface area contributed by atoms with Crippen molar-refractivity contribution in [3.05, 3.63) is 58.4 Å². The summed E-state index contributed by atoms with van der Waals surface area (Å²) in [5.41, 5.74) is 1.39. The van der Waals surface area contributed by atoms with Gasteiger partial charge in [-0.05, 0) is 30.3 Å². The minimum atomic E-state index is -0.573. The maximum Gasteiger partial charge on any atom is 0.258 e. The third-order valence-corrected chi connectivity index (χ3v) is 3.40. The highest BCUT2D eigenvalue weighted by molar-refractivity contribution is 9.10. The van der Waals surface area contributed by atoms with E-state index < -0.39 is 11.7 Å². The lowest BCUT2D eigenvalue weighted by Crippen LogP contribution is -2.13. The van der Waals surface area contributed by atoms with Gasteiger partial charge in [0.25, 0.3) is 5.91 Å². The molecule has 2 aromatic carbocycles. The van der Waals surface area contributed by atoms with E-state index >= 15 is 0 Å². The van der Waals surface area contributed by atoms with Crippen LogP contribution < -0.4 is 5.32 Å². The number of rotatable bonds is 2. The molecule has 3 rings (SSSR count). The van der Waals surface area contributed by atoms with Crippen LogP contribution >= 0.6 is 15.9 Å². The van der Waals surface area contributed by atoms with Crippen LogP contribution in [0.5, 0.6) is 0 Å². The van der Waals surface area contributed by atoms with E-state index in [9.17, 15) is 9.18 Å². The van der Waals surface area contributed by atoms with Crippen LogP contribution in [0.2, 0.25) is 0 Å². The number of carbonyl (C=O) groups excluding carboxylic acids is 1. The smallest absolute Gasteiger partial charge is 0.258 e. The fourth-order valence-electron chi connectivity index (χ4n) is 1.94. The Morgan fingerprint density at radius 3 is 2.95 bits per heavy atom. The number of hydrogen-bond acceptors (Lipinski definition) is 2. The van der Waals surface area contributed by atoms with E-state index in [0.717, 1.165) is 10.9 Å². The molecular formula is C14H9BrFN3O. The highest BCUT2D eigenvalue weighted by Gasteiger charge is 2.13. The van der Waals surface area contributed by atoms with Crippen molar-refractivity contribution in [3.63, 3.8) is 0 Å². The van der Waals surface area contributed by atoms with Crippen molar-refractivity contribution in [3.8, 4) is 0 Å². The van der Waals surface area contributed by atoms with Crippen molar-refractivity contribution in [1.82, 2.24) is 10.2 Å². The average Bonchev–Trinajstić information content (AvgIpc) is 2.87. The van der Waals surface area contributed by atoms with Gasteiger partial charge in [0.1, 0.15) is 5.82 Å². The molecule has 1 aromatic heterocycles. The third-order valence-electron chi connectivity index (χ3n) is 2.91. The van der Waals surface area contributed by atoms with E-state index in [1.165, 1.54) is 12.1 Å². The van der Waals surface area contributed by atoms with Gasteiger partial charge in [0, 0.05) is 9.86 Å². The van der Waals surface area contributed by atoms with Crippen molar-refractivity contribution < 1.29 is 9.18 Å². The first-order chi connectivity index (χ1) is 9.65. The van der Waals surface area contributed by atoms with Crippen LogP contribution in [0.25, 0.3) is 10.9 Å². The molecule has 0 atom stereocenters.